The maximum atomic E-state index is 13.1. The third kappa shape index (κ3) is 3.81. The fourth-order valence-electron chi connectivity index (χ4n) is 1.82. The summed E-state index contributed by atoms with van der Waals surface area (Å²) in [5.41, 5.74) is 2.13. The van der Waals surface area contributed by atoms with Crippen molar-refractivity contribution >= 4 is 15.9 Å². The summed E-state index contributed by atoms with van der Waals surface area (Å²) < 4.78 is 19.3. The number of benzene rings is 2. The first-order valence-electron chi connectivity index (χ1n) is 6.44. The highest BCUT2D eigenvalue weighted by atomic mass is 79.9. The molecule has 0 aliphatic rings. The van der Waals surface area contributed by atoms with Crippen molar-refractivity contribution in [2.45, 2.75) is 19.6 Å². The molecule has 106 valence electrons. The molecule has 2 rings (SSSR count). The Morgan fingerprint density at radius 3 is 2.50 bits per heavy atom. The summed E-state index contributed by atoms with van der Waals surface area (Å²) in [6, 6.07) is 13.2. The first-order valence-corrected chi connectivity index (χ1v) is 7.23. The van der Waals surface area contributed by atoms with Crippen LogP contribution in [0, 0.1) is 5.82 Å². The molecule has 2 nitrogen and oxygen atoms in total. The second kappa shape index (κ2) is 6.86. The number of hydrogen-bond donors (Lipinski definition) is 1. The first-order chi connectivity index (χ1) is 9.60. The molecule has 0 amide bonds. The van der Waals surface area contributed by atoms with E-state index in [1.54, 1.807) is 12.1 Å². The van der Waals surface area contributed by atoms with Crippen LogP contribution in [0.3, 0.4) is 0 Å². The maximum Gasteiger partial charge on any atom is 0.137 e. The third-order valence-electron chi connectivity index (χ3n) is 3.20. The Bertz CT molecular complexity index is 571. The van der Waals surface area contributed by atoms with E-state index in [-0.39, 0.29) is 5.82 Å². The smallest absolute Gasteiger partial charge is 0.137 e. The van der Waals surface area contributed by atoms with Crippen molar-refractivity contribution in [2.24, 2.45) is 0 Å². The average molecular weight is 338 g/mol. The van der Waals surface area contributed by atoms with Crippen LogP contribution in [0.2, 0.25) is 0 Å². The lowest BCUT2D eigenvalue weighted by molar-refractivity contribution is 0.306. The van der Waals surface area contributed by atoms with Crippen LogP contribution in [-0.4, -0.2) is 7.05 Å². The van der Waals surface area contributed by atoms with E-state index in [2.05, 4.69) is 28.2 Å². The summed E-state index contributed by atoms with van der Waals surface area (Å²) >= 11 is 3.17. The summed E-state index contributed by atoms with van der Waals surface area (Å²) in [7, 11) is 1.93. The lowest BCUT2D eigenvalue weighted by atomic mass is 10.1. The highest BCUT2D eigenvalue weighted by Gasteiger charge is 2.04. The van der Waals surface area contributed by atoms with E-state index < -0.39 is 0 Å². The van der Waals surface area contributed by atoms with Gasteiger partial charge in [0, 0.05) is 6.04 Å². The summed E-state index contributed by atoms with van der Waals surface area (Å²) in [5, 5.41) is 3.19. The second-order valence-corrected chi connectivity index (χ2v) is 5.47. The van der Waals surface area contributed by atoms with Crippen molar-refractivity contribution in [3.05, 3.63) is 63.9 Å². The number of halogens is 2. The van der Waals surface area contributed by atoms with E-state index in [0.717, 1.165) is 11.3 Å². The monoisotopic (exact) mass is 337 g/mol. The Labute approximate surface area is 127 Å². The van der Waals surface area contributed by atoms with Gasteiger partial charge in [0.2, 0.25) is 0 Å². The minimum absolute atomic E-state index is 0.265. The fraction of sp³-hybridized carbons (Fsp3) is 0.250. The van der Waals surface area contributed by atoms with Gasteiger partial charge in [-0.1, -0.05) is 18.2 Å². The molecule has 1 unspecified atom stereocenters. The Kier molecular flexibility index (Phi) is 5.15. The molecule has 0 bridgehead atoms. The van der Waals surface area contributed by atoms with Gasteiger partial charge in [0.25, 0.3) is 0 Å². The standard InChI is InChI=1S/C16H17BrFNO/c1-11(19-2)13-4-6-14(7-5-13)20-10-12-3-8-16(18)15(17)9-12/h3-9,11,19H,10H2,1-2H3. The number of hydrogen-bond acceptors (Lipinski definition) is 2. The average Bonchev–Trinajstić information content (AvgIpc) is 2.48. The molecule has 0 saturated carbocycles. The predicted molar refractivity (Wildman–Crippen MR) is 82.3 cm³/mol. The van der Waals surface area contributed by atoms with Crippen LogP contribution in [0.1, 0.15) is 24.1 Å². The molecule has 1 N–H and O–H groups in total. The molecule has 0 heterocycles. The molecule has 0 aromatic heterocycles. The molecular formula is C16H17BrFNO. The van der Waals surface area contributed by atoms with Gasteiger partial charge in [-0.2, -0.15) is 0 Å². The predicted octanol–water partition coefficient (Wildman–Crippen LogP) is 4.45. The quantitative estimate of drug-likeness (QED) is 0.870. The molecule has 0 aliphatic carbocycles. The SMILES string of the molecule is CNC(C)c1ccc(OCc2ccc(F)c(Br)c2)cc1. The number of ether oxygens (including phenoxy) is 1. The number of nitrogens with one attached hydrogen (secondary N) is 1. The summed E-state index contributed by atoms with van der Waals surface area (Å²) in [4.78, 5) is 0. The molecule has 0 radical (unpaired) electrons. The van der Waals surface area contributed by atoms with E-state index >= 15 is 0 Å². The van der Waals surface area contributed by atoms with Gasteiger partial charge in [-0.25, -0.2) is 4.39 Å². The van der Waals surface area contributed by atoms with Crippen LogP contribution in [0.4, 0.5) is 4.39 Å². The van der Waals surface area contributed by atoms with E-state index in [4.69, 9.17) is 4.74 Å². The molecule has 1 atom stereocenters. The van der Waals surface area contributed by atoms with Crippen molar-refractivity contribution < 1.29 is 9.13 Å². The van der Waals surface area contributed by atoms with E-state index in [9.17, 15) is 4.39 Å². The first kappa shape index (κ1) is 15.0. The fourth-order valence-corrected chi connectivity index (χ4v) is 2.24. The van der Waals surface area contributed by atoms with Crippen LogP contribution < -0.4 is 10.1 Å². The van der Waals surface area contributed by atoms with Gasteiger partial charge in [-0.15, -0.1) is 0 Å². The van der Waals surface area contributed by atoms with Crippen LogP contribution in [0.25, 0.3) is 0 Å². The van der Waals surface area contributed by atoms with Gasteiger partial charge in [-0.05, 0) is 65.3 Å². The lowest BCUT2D eigenvalue weighted by Crippen LogP contribution is -2.11. The molecule has 2 aromatic rings. The minimum atomic E-state index is -0.265. The largest absolute Gasteiger partial charge is 0.489 e. The Morgan fingerprint density at radius 2 is 1.90 bits per heavy atom. The summed E-state index contributed by atoms with van der Waals surface area (Å²) in [6.07, 6.45) is 0. The number of rotatable bonds is 5. The van der Waals surface area contributed by atoms with E-state index in [0.29, 0.717) is 17.1 Å². The lowest BCUT2D eigenvalue weighted by Gasteiger charge is -2.12. The molecular weight excluding hydrogens is 321 g/mol. The van der Waals surface area contributed by atoms with Gasteiger partial charge >= 0.3 is 0 Å². The van der Waals surface area contributed by atoms with Crippen molar-refractivity contribution in [1.29, 1.82) is 0 Å². The van der Waals surface area contributed by atoms with Gasteiger partial charge < -0.3 is 10.1 Å². The molecule has 0 aliphatic heterocycles. The van der Waals surface area contributed by atoms with Gasteiger partial charge in [0.15, 0.2) is 0 Å². The summed E-state index contributed by atoms with van der Waals surface area (Å²) in [6.45, 7) is 2.52. The molecule has 2 aromatic carbocycles. The molecule has 0 saturated heterocycles. The maximum absolute atomic E-state index is 13.1. The molecule has 4 heteroatoms. The third-order valence-corrected chi connectivity index (χ3v) is 3.81. The highest BCUT2D eigenvalue weighted by Crippen LogP contribution is 2.20. The van der Waals surface area contributed by atoms with Crippen LogP contribution in [0.15, 0.2) is 46.9 Å². The minimum Gasteiger partial charge on any atom is -0.489 e. The highest BCUT2D eigenvalue weighted by molar-refractivity contribution is 9.10. The zero-order chi connectivity index (χ0) is 14.5. The molecule has 20 heavy (non-hydrogen) atoms. The van der Waals surface area contributed by atoms with Crippen LogP contribution >= 0.6 is 15.9 Å². The van der Waals surface area contributed by atoms with Crippen molar-refractivity contribution in [3.63, 3.8) is 0 Å². The second-order valence-electron chi connectivity index (χ2n) is 4.62. The van der Waals surface area contributed by atoms with Gasteiger partial charge in [0.1, 0.15) is 18.2 Å². The Balaban J connectivity index is 1.98. The van der Waals surface area contributed by atoms with Crippen LogP contribution in [0.5, 0.6) is 5.75 Å². The van der Waals surface area contributed by atoms with E-state index in [1.807, 2.05) is 31.3 Å². The zero-order valence-electron chi connectivity index (χ0n) is 11.5. The van der Waals surface area contributed by atoms with Crippen molar-refractivity contribution in [3.8, 4) is 5.75 Å². The van der Waals surface area contributed by atoms with E-state index in [1.165, 1.54) is 11.6 Å². The topological polar surface area (TPSA) is 21.3 Å². The Hall–Kier alpha value is -1.39. The van der Waals surface area contributed by atoms with Gasteiger partial charge in [0.05, 0.1) is 4.47 Å². The van der Waals surface area contributed by atoms with Gasteiger partial charge in [-0.3, -0.25) is 0 Å². The van der Waals surface area contributed by atoms with Crippen molar-refractivity contribution in [2.75, 3.05) is 7.05 Å². The summed E-state index contributed by atoms with van der Waals surface area (Å²) in [5.74, 6) is 0.539. The van der Waals surface area contributed by atoms with Crippen molar-refractivity contribution in [1.82, 2.24) is 5.32 Å². The molecule has 0 spiro atoms. The van der Waals surface area contributed by atoms with Crippen LogP contribution in [-0.2, 0) is 6.61 Å². The molecule has 0 fully saturated rings. The normalized spacial score (nSPS) is 12.2. The Morgan fingerprint density at radius 1 is 1.20 bits per heavy atom. The zero-order valence-corrected chi connectivity index (χ0v) is 13.1.